The summed E-state index contributed by atoms with van der Waals surface area (Å²) in [6, 6.07) is 15.4. The van der Waals surface area contributed by atoms with E-state index in [0.29, 0.717) is 0 Å². The SMILES string of the molecule is CCOC(=O)NC(=O)COC(=O)c1ccccc1NC(=O)Cc1ccccc1. The van der Waals surface area contributed by atoms with E-state index in [1.807, 2.05) is 35.6 Å². The standard InChI is InChI=1S/C20H20N2O6/c1-2-27-20(26)22-18(24)13-28-19(25)15-10-6-7-11-16(15)21-17(23)12-14-8-4-3-5-9-14/h3-11H,2,12-13H2,1H3,(H,21,23)(H,22,24,26). The Morgan fingerprint density at radius 2 is 1.54 bits per heavy atom. The monoisotopic (exact) mass is 384 g/mol. The third kappa shape index (κ3) is 6.56. The van der Waals surface area contributed by atoms with Gasteiger partial charge in [-0.1, -0.05) is 42.5 Å². The number of nitrogens with one attached hydrogen (secondary N) is 2. The summed E-state index contributed by atoms with van der Waals surface area (Å²) in [5.41, 5.74) is 1.18. The van der Waals surface area contributed by atoms with E-state index in [1.165, 1.54) is 6.07 Å². The van der Waals surface area contributed by atoms with E-state index in [0.717, 1.165) is 5.56 Å². The average molecular weight is 384 g/mol. The lowest BCUT2D eigenvalue weighted by Gasteiger charge is -2.11. The molecule has 0 aliphatic rings. The van der Waals surface area contributed by atoms with Gasteiger partial charge < -0.3 is 14.8 Å². The van der Waals surface area contributed by atoms with Gasteiger partial charge in [-0.25, -0.2) is 9.59 Å². The summed E-state index contributed by atoms with van der Waals surface area (Å²) in [6.07, 6.45) is -0.774. The van der Waals surface area contributed by atoms with Crippen molar-refractivity contribution in [3.8, 4) is 0 Å². The van der Waals surface area contributed by atoms with Crippen LogP contribution in [-0.4, -0.2) is 37.1 Å². The van der Waals surface area contributed by atoms with Crippen molar-refractivity contribution in [3.05, 3.63) is 65.7 Å². The third-order valence-corrected chi connectivity index (χ3v) is 3.48. The summed E-state index contributed by atoms with van der Waals surface area (Å²) in [4.78, 5) is 47.2. The molecule has 0 atom stereocenters. The molecule has 8 heteroatoms. The Bertz CT molecular complexity index is 851. The van der Waals surface area contributed by atoms with Crippen LogP contribution in [0.1, 0.15) is 22.8 Å². The zero-order valence-corrected chi connectivity index (χ0v) is 15.3. The number of hydrogen-bond donors (Lipinski definition) is 2. The van der Waals surface area contributed by atoms with E-state index < -0.39 is 24.6 Å². The maximum Gasteiger partial charge on any atom is 0.413 e. The smallest absolute Gasteiger partial charge is 0.413 e. The van der Waals surface area contributed by atoms with Crippen molar-refractivity contribution >= 4 is 29.6 Å². The lowest BCUT2D eigenvalue weighted by atomic mass is 10.1. The van der Waals surface area contributed by atoms with Crippen LogP contribution in [0.4, 0.5) is 10.5 Å². The number of ether oxygens (including phenoxy) is 2. The third-order valence-electron chi connectivity index (χ3n) is 3.48. The summed E-state index contributed by atoms with van der Waals surface area (Å²) < 4.78 is 9.46. The number of amides is 3. The first kappa shape index (κ1) is 20.6. The molecular weight excluding hydrogens is 364 g/mol. The number of anilines is 1. The number of esters is 1. The maximum absolute atomic E-state index is 12.3. The number of benzene rings is 2. The molecular formula is C20H20N2O6. The van der Waals surface area contributed by atoms with Crippen molar-refractivity contribution in [1.82, 2.24) is 5.32 Å². The molecule has 0 unspecified atom stereocenters. The maximum atomic E-state index is 12.3. The van der Waals surface area contributed by atoms with Crippen LogP contribution in [0, 0.1) is 0 Å². The number of hydrogen-bond acceptors (Lipinski definition) is 6. The predicted molar refractivity (Wildman–Crippen MR) is 101 cm³/mol. The lowest BCUT2D eigenvalue weighted by molar-refractivity contribution is -0.123. The van der Waals surface area contributed by atoms with E-state index in [-0.39, 0.29) is 30.2 Å². The summed E-state index contributed by atoms with van der Waals surface area (Å²) in [5.74, 6) is -1.93. The molecule has 0 aromatic heterocycles. The topological polar surface area (TPSA) is 111 Å². The van der Waals surface area contributed by atoms with E-state index in [2.05, 4.69) is 10.1 Å². The molecule has 0 aliphatic carbocycles. The van der Waals surface area contributed by atoms with Crippen LogP contribution in [-0.2, 0) is 25.5 Å². The number of carbonyl (C=O) groups is 4. The van der Waals surface area contributed by atoms with Crippen molar-refractivity contribution in [1.29, 1.82) is 0 Å². The lowest BCUT2D eigenvalue weighted by Crippen LogP contribution is -2.34. The highest BCUT2D eigenvalue weighted by Crippen LogP contribution is 2.17. The first-order valence-electron chi connectivity index (χ1n) is 8.56. The Kier molecular flexibility index (Phi) is 7.71. The van der Waals surface area contributed by atoms with E-state index in [4.69, 9.17) is 4.74 Å². The fraction of sp³-hybridized carbons (Fsp3) is 0.200. The van der Waals surface area contributed by atoms with E-state index >= 15 is 0 Å². The first-order chi connectivity index (χ1) is 13.5. The van der Waals surface area contributed by atoms with E-state index in [1.54, 1.807) is 25.1 Å². The number of rotatable bonds is 7. The quantitative estimate of drug-likeness (QED) is 0.709. The fourth-order valence-corrected chi connectivity index (χ4v) is 2.27. The molecule has 2 N–H and O–H groups in total. The molecule has 2 rings (SSSR count). The zero-order chi connectivity index (χ0) is 20.4. The Hall–Kier alpha value is -3.68. The van der Waals surface area contributed by atoms with E-state index in [9.17, 15) is 19.2 Å². The van der Waals surface area contributed by atoms with Crippen molar-refractivity contribution in [2.45, 2.75) is 13.3 Å². The minimum atomic E-state index is -0.919. The molecule has 0 spiro atoms. The van der Waals surface area contributed by atoms with Gasteiger partial charge in [-0.3, -0.25) is 14.9 Å². The summed E-state index contributed by atoms with van der Waals surface area (Å²) in [5, 5.41) is 4.58. The first-order valence-corrected chi connectivity index (χ1v) is 8.56. The molecule has 0 aliphatic heterocycles. The fourth-order valence-electron chi connectivity index (χ4n) is 2.27. The van der Waals surface area contributed by atoms with Crippen molar-refractivity contribution < 1.29 is 28.7 Å². The second-order valence-electron chi connectivity index (χ2n) is 5.60. The van der Waals surface area contributed by atoms with Crippen LogP contribution in [0.3, 0.4) is 0 Å². The minimum Gasteiger partial charge on any atom is -0.452 e. The molecule has 8 nitrogen and oxygen atoms in total. The summed E-state index contributed by atoms with van der Waals surface area (Å²) in [7, 11) is 0. The molecule has 0 fully saturated rings. The highest BCUT2D eigenvalue weighted by atomic mass is 16.6. The average Bonchev–Trinajstić information content (AvgIpc) is 2.67. The van der Waals surface area contributed by atoms with Crippen LogP contribution in [0.5, 0.6) is 0 Å². The molecule has 0 saturated heterocycles. The Morgan fingerprint density at radius 3 is 2.25 bits per heavy atom. The molecule has 3 amide bonds. The summed E-state index contributed by atoms with van der Waals surface area (Å²) >= 11 is 0. The van der Waals surface area contributed by atoms with Crippen LogP contribution < -0.4 is 10.6 Å². The van der Waals surface area contributed by atoms with Gasteiger partial charge in [0.1, 0.15) is 0 Å². The van der Waals surface area contributed by atoms with Gasteiger partial charge in [-0.05, 0) is 24.6 Å². The van der Waals surface area contributed by atoms with Gasteiger partial charge >= 0.3 is 12.1 Å². The Balaban J connectivity index is 1.94. The van der Waals surface area contributed by atoms with Gasteiger partial charge in [0.05, 0.1) is 24.3 Å². The van der Waals surface area contributed by atoms with Gasteiger partial charge in [0.2, 0.25) is 5.91 Å². The van der Waals surface area contributed by atoms with Gasteiger partial charge in [-0.15, -0.1) is 0 Å². The number of alkyl carbamates (subject to hydrolysis) is 1. The minimum absolute atomic E-state index is 0.0906. The van der Waals surface area contributed by atoms with Crippen LogP contribution >= 0.6 is 0 Å². The number of imide groups is 1. The zero-order valence-electron chi connectivity index (χ0n) is 15.3. The highest BCUT2D eigenvalue weighted by Gasteiger charge is 2.17. The largest absolute Gasteiger partial charge is 0.452 e. The highest BCUT2D eigenvalue weighted by molar-refractivity contribution is 6.02. The second kappa shape index (κ2) is 10.5. The number of para-hydroxylation sites is 1. The predicted octanol–water partition coefficient (Wildman–Crippen LogP) is 2.30. The Morgan fingerprint density at radius 1 is 0.857 bits per heavy atom. The van der Waals surface area contributed by atoms with Crippen molar-refractivity contribution in [2.24, 2.45) is 0 Å². The second-order valence-corrected chi connectivity index (χ2v) is 5.60. The van der Waals surface area contributed by atoms with Gasteiger partial charge in [0.15, 0.2) is 6.61 Å². The van der Waals surface area contributed by atoms with Crippen LogP contribution in [0.25, 0.3) is 0 Å². The molecule has 2 aromatic carbocycles. The normalized spacial score (nSPS) is 9.89. The van der Waals surface area contributed by atoms with Gasteiger partial charge in [0.25, 0.3) is 5.91 Å². The van der Waals surface area contributed by atoms with Crippen LogP contribution in [0.15, 0.2) is 54.6 Å². The molecule has 0 saturated carbocycles. The molecule has 0 bridgehead atoms. The summed E-state index contributed by atoms with van der Waals surface area (Å²) in [6.45, 7) is 1.03. The molecule has 28 heavy (non-hydrogen) atoms. The Labute approximate surface area is 161 Å². The van der Waals surface area contributed by atoms with Crippen molar-refractivity contribution in [2.75, 3.05) is 18.5 Å². The molecule has 0 heterocycles. The molecule has 146 valence electrons. The van der Waals surface area contributed by atoms with Gasteiger partial charge in [0, 0.05) is 0 Å². The molecule has 0 radical (unpaired) electrons. The van der Waals surface area contributed by atoms with Crippen LogP contribution in [0.2, 0.25) is 0 Å². The molecule has 2 aromatic rings. The number of carbonyl (C=O) groups excluding carboxylic acids is 4. The van der Waals surface area contributed by atoms with Crippen molar-refractivity contribution in [3.63, 3.8) is 0 Å². The van der Waals surface area contributed by atoms with Gasteiger partial charge in [-0.2, -0.15) is 0 Å².